The van der Waals surface area contributed by atoms with Crippen LogP contribution in [0.5, 0.6) is 0 Å². The fourth-order valence-electron chi connectivity index (χ4n) is 2.72. The Hall–Kier alpha value is -2.74. The van der Waals surface area contributed by atoms with E-state index in [0.717, 1.165) is 0 Å². The molecule has 0 spiro atoms. The molecule has 0 bridgehead atoms. The molecule has 1 amide bonds. The highest BCUT2D eigenvalue weighted by Gasteiger charge is 2.26. The van der Waals surface area contributed by atoms with Crippen LogP contribution in [0.2, 0.25) is 0 Å². The standard InChI is InChI=1S/C17H18FN3O4/c18-12-1-3-14(4-2-12)21-6-5-13(19-21)9-16(22)20-7-8-25-15(11-20)10-17(23)24/h1-6,15H,7-11H2,(H,23,24). The van der Waals surface area contributed by atoms with Gasteiger partial charge in [0.15, 0.2) is 0 Å². The molecule has 2 heterocycles. The Morgan fingerprint density at radius 3 is 2.76 bits per heavy atom. The average molecular weight is 347 g/mol. The van der Waals surface area contributed by atoms with E-state index in [9.17, 15) is 14.0 Å². The minimum Gasteiger partial charge on any atom is -0.481 e. The van der Waals surface area contributed by atoms with E-state index in [1.807, 2.05) is 0 Å². The second kappa shape index (κ2) is 7.43. The molecule has 1 aliphatic rings. The van der Waals surface area contributed by atoms with Crippen LogP contribution in [0.1, 0.15) is 12.1 Å². The summed E-state index contributed by atoms with van der Waals surface area (Å²) in [7, 11) is 0. The summed E-state index contributed by atoms with van der Waals surface area (Å²) in [5.41, 5.74) is 1.29. The van der Waals surface area contributed by atoms with E-state index < -0.39 is 12.1 Å². The smallest absolute Gasteiger partial charge is 0.306 e. The highest BCUT2D eigenvalue weighted by molar-refractivity contribution is 5.78. The minimum absolute atomic E-state index is 0.119. The zero-order valence-corrected chi connectivity index (χ0v) is 13.5. The van der Waals surface area contributed by atoms with Gasteiger partial charge in [0.2, 0.25) is 5.91 Å². The van der Waals surface area contributed by atoms with E-state index in [-0.39, 0.29) is 31.1 Å². The zero-order chi connectivity index (χ0) is 17.8. The molecule has 1 N–H and O–H groups in total. The summed E-state index contributed by atoms with van der Waals surface area (Å²) < 4.78 is 19.9. The molecule has 2 aromatic rings. The van der Waals surface area contributed by atoms with E-state index in [4.69, 9.17) is 9.84 Å². The first-order valence-electron chi connectivity index (χ1n) is 7.93. The molecule has 1 aromatic carbocycles. The number of halogens is 1. The van der Waals surface area contributed by atoms with Gasteiger partial charge >= 0.3 is 5.97 Å². The maximum atomic E-state index is 13.0. The molecule has 8 heteroatoms. The molecule has 1 atom stereocenters. The molecule has 0 radical (unpaired) electrons. The van der Waals surface area contributed by atoms with Crippen molar-refractivity contribution in [1.82, 2.24) is 14.7 Å². The van der Waals surface area contributed by atoms with Crippen LogP contribution in [0, 0.1) is 5.82 Å². The lowest BCUT2D eigenvalue weighted by Crippen LogP contribution is -2.46. The van der Waals surface area contributed by atoms with E-state index in [0.29, 0.717) is 24.5 Å². The quantitative estimate of drug-likeness (QED) is 0.880. The number of carboxylic acids is 1. The number of aliphatic carboxylic acids is 1. The number of ether oxygens (including phenoxy) is 1. The van der Waals surface area contributed by atoms with Crippen LogP contribution < -0.4 is 0 Å². The third-order valence-electron chi connectivity index (χ3n) is 3.96. The molecule has 1 saturated heterocycles. The first-order valence-corrected chi connectivity index (χ1v) is 7.93. The SMILES string of the molecule is O=C(O)CC1CN(C(=O)Cc2ccn(-c3ccc(F)cc3)n2)CCO1. The van der Waals surface area contributed by atoms with Crippen LogP contribution in [0.3, 0.4) is 0 Å². The van der Waals surface area contributed by atoms with Crippen LogP contribution in [0.25, 0.3) is 5.69 Å². The highest BCUT2D eigenvalue weighted by atomic mass is 19.1. The number of hydrogen-bond acceptors (Lipinski definition) is 4. The molecule has 25 heavy (non-hydrogen) atoms. The lowest BCUT2D eigenvalue weighted by atomic mass is 10.2. The summed E-state index contributed by atoms with van der Waals surface area (Å²) in [6, 6.07) is 7.63. The fourth-order valence-corrected chi connectivity index (χ4v) is 2.72. The van der Waals surface area contributed by atoms with Crippen LogP contribution in [-0.4, -0.2) is 57.5 Å². The summed E-state index contributed by atoms with van der Waals surface area (Å²) in [5, 5.41) is 13.2. The van der Waals surface area contributed by atoms with Crippen LogP contribution in [0.4, 0.5) is 4.39 Å². The highest BCUT2D eigenvalue weighted by Crippen LogP contribution is 2.12. The summed E-state index contributed by atoms with van der Waals surface area (Å²) in [4.78, 5) is 24.8. The molecule has 0 saturated carbocycles. The van der Waals surface area contributed by atoms with Gasteiger partial charge in [0.05, 0.1) is 36.9 Å². The monoisotopic (exact) mass is 347 g/mol. The summed E-state index contributed by atoms with van der Waals surface area (Å²) in [6.07, 6.45) is 1.23. The summed E-state index contributed by atoms with van der Waals surface area (Å²) in [5.74, 6) is -1.39. The van der Waals surface area contributed by atoms with Gasteiger partial charge in [-0.2, -0.15) is 5.10 Å². The fraction of sp³-hybridized carbons (Fsp3) is 0.353. The predicted octanol–water partition coefficient (Wildman–Crippen LogP) is 1.26. The molecule has 0 aliphatic carbocycles. The van der Waals surface area contributed by atoms with E-state index in [1.54, 1.807) is 34.0 Å². The molecule has 7 nitrogen and oxygen atoms in total. The largest absolute Gasteiger partial charge is 0.481 e. The molecule has 1 aromatic heterocycles. The Morgan fingerprint density at radius 2 is 2.04 bits per heavy atom. The van der Waals surface area contributed by atoms with Crippen molar-refractivity contribution in [2.24, 2.45) is 0 Å². The maximum absolute atomic E-state index is 13.0. The third kappa shape index (κ3) is 4.42. The van der Waals surface area contributed by atoms with Gasteiger partial charge in [-0.15, -0.1) is 0 Å². The van der Waals surface area contributed by atoms with Crippen LogP contribution in [-0.2, 0) is 20.7 Å². The number of nitrogens with zero attached hydrogens (tertiary/aromatic N) is 3. The second-order valence-electron chi connectivity index (χ2n) is 5.84. The Morgan fingerprint density at radius 1 is 1.28 bits per heavy atom. The van der Waals surface area contributed by atoms with E-state index in [2.05, 4.69) is 5.10 Å². The summed E-state index contributed by atoms with van der Waals surface area (Å²) in [6.45, 7) is 1.03. The van der Waals surface area contributed by atoms with Crippen molar-refractivity contribution in [2.45, 2.75) is 18.9 Å². The van der Waals surface area contributed by atoms with Gasteiger partial charge in [-0.1, -0.05) is 0 Å². The number of carboxylic acid groups (broad SMARTS) is 1. The van der Waals surface area contributed by atoms with Crippen LogP contribution in [0.15, 0.2) is 36.5 Å². The van der Waals surface area contributed by atoms with Gasteiger partial charge in [-0.05, 0) is 30.3 Å². The Kier molecular flexibility index (Phi) is 5.08. The van der Waals surface area contributed by atoms with Gasteiger partial charge in [0.25, 0.3) is 0 Å². The van der Waals surface area contributed by atoms with Gasteiger partial charge in [-0.3, -0.25) is 9.59 Å². The molecular weight excluding hydrogens is 329 g/mol. The van der Waals surface area contributed by atoms with Crippen molar-refractivity contribution < 1.29 is 23.8 Å². The number of benzene rings is 1. The van der Waals surface area contributed by atoms with Gasteiger partial charge in [0.1, 0.15) is 5.82 Å². The Bertz CT molecular complexity index is 760. The number of aromatic nitrogens is 2. The van der Waals surface area contributed by atoms with Crippen molar-refractivity contribution in [3.63, 3.8) is 0 Å². The van der Waals surface area contributed by atoms with Gasteiger partial charge < -0.3 is 14.7 Å². The Labute approximate surface area is 143 Å². The van der Waals surface area contributed by atoms with Gasteiger partial charge in [-0.25, -0.2) is 9.07 Å². The summed E-state index contributed by atoms with van der Waals surface area (Å²) >= 11 is 0. The number of rotatable bonds is 5. The van der Waals surface area contributed by atoms with Crippen molar-refractivity contribution in [1.29, 1.82) is 0 Å². The number of carbonyl (C=O) groups is 2. The van der Waals surface area contributed by atoms with Crippen molar-refractivity contribution in [2.75, 3.05) is 19.7 Å². The first kappa shape index (κ1) is 17.1. The van der Waals surface area contributed by atoms with Crippen molar-refractivity contribution >= 4 is 11.9 Å². The first-order chi connectivity index (χ1) is 12.0. The van der Waals surface area contributed by atoms with Crippen LogP contribution >= 0.6 is 0 Å². The average Bonchev–Trinajstić information content (AvgIpc) is 3.03. The molecule has 1 fully saturated rings. The van der Waals surface area contributed by atoms with E-state index in [1.165, 1.54) is 12.1 Å². The van der Waals surface area contributed by atoms with Crippen molar-refractivity contribution in [3.8, 4) is 5.69 Å². The Balaban J connectivity index is 1.61. The topological polar surface area (TPSA) is 84.7 Å². The number of carbonyl (C=O) groups excluding carboxylic acids is 1. The lowest BCUT2D eigenvalue weighted by molar-refractivity contribution is -0.147. The molecule has 1 unspecified atom stereocenters. The predicted molar refractivity (Wildman–Crippen MR) is 85.8 cm³/mol. The second-order valence-corrected chi connectivity index (χ2v) is 5.84. The number of hydrogen-bond donors (Lipinski definition) is 1. The normalized spacial score (nSPS) is 17.5. The lowest BCUT2D eigenvalue weighted by Gasteiger charge is -2.32. The maximum Gasteiger partial charge on any atom is 0.306 e. The van der Waals surface area contributed by atoms with Gasteiger partial charge in [0, 0.05) is 19.3 Å². The third-order valence-corrected chi connectivity index (χ3v) is 3.96. The number of morpholine rings is 1. The number of amides is 1. The zero-order valence-electron chi connectivity index (χ0n) is 13.5. The molecule has 3 rings (SSSR count). The molecule has 132 valence electrons. The van der Waals surface area contributed by atoms with E-state index >= 15 is 0 Å². The molecule has 1 aliphatic heterocycles. The van der Waals surface area contributed by atoms with Crippen molar-refractivity contribution in [3.05, 3.63) is 48.0 Å². The minimum atomic E-state index is -0.947. The molecular formula is C17H18FN3O4.